The lowest BCUT2D eigenvalue weighted by atomic mass is 10.1. The minimum atomic E-state index is -3.89. The largest absolute Gasteiger partial charge is 0.478 e. The Morgan fingerprint density at radius 2 is 1.68 bits per heavy atom. The fourth-order valence-electron chi connectivity index (χ4n) is 1.85. The van der Waals surface area contributed by atoms with E-state index < -0.39 is 16.0 Å². The van der Waals surface area contributed by atoms with Crippen molar-refractivity contribution in [1.29, 1.82) is 0 Å². The van der Waals surface area contributed by atoms with Crippen molar-refractivity contribution in [3.05, 3.63) is 56.5 Å². The summed E-state index contributed by atoms with van der Waals surface area (Å²) >= 11 is 6.56. The molecule has 2 aromatic carbocycles. The number of rotatable bonds is 4. The first-order valence-corrected chi connectivity index (χ1v) is 9.09. The average Bonchev–Trinajstić information content (AvgIpc) is 2.36. The molecule has 2 aromatic rings. The lowest BCUT2D eigenvalue weighted by Crippen LogP contribution is -2.15. The summed E-state index contributed by atoms with van der Waals surface area (Å²) < 4.78 is 28.8. The predicted octanol–water partition coefficient (Wildman–Crippen LogP) is 4.02. The monoisotopic (exact) mass is 447 g/mol. The second kappa shape index (κ2) is 6.39. The fourth-order valence-corrected chi connectivity index (χ4v) is 4.45. The Hall–Kier alpha value is -1.38. The van der Waals surface area contributed by atoms with E-state index in [4.69, 9.17) is 5.11 Å². The molecular weight excluding hydrogens is 438 g/mol. The van der Waals surface area contributed by atoms with Gasteiger partial charge >= 0.3 is 5.97 Å². The van der Waals surface area contributed by atoms with E-state index in [9.17, 15) is 13.2 Å². The zero-order valence-electron chi connectivity index (χ0n) is 11.3. The van der Waals surface area contributed by atoms with Gasteiger partial charge in [0.05, 0.1) is 16.1 Å². The van der Waals surface area contributed by atoms with Crippen LogP contribution in [0.2, 0.25) is 0 Å². The molecule has 0 fully saturated rings. The van der Waals surface area contributed by atoms with Crippen molar-refractivity contribution in [2.45, 2.75) is 11.8 Å². The molecule has 0 aliphatic heterocycles. The fraction of sp³-hybridized carbons (Fsp3) is 0.0714. The average molecular weight is 449 g/mol. The van der Waals surface area contributed by atoms with Crippen molar-refractivity contribution in [3.63, 3.8) is 0 Å². The van der Waals surface area contributed by atoms with Gasteiger partial charge in [-0.05, 0) is 42.8 Å². The van der Waals surface area contributed by atoms with Crippen molar-refractivity contribution < 1.29 is 18.3 Å². The van der Waals surface area contributed by atoms with Gasteiger partial charge in [0.2, 0.25) is 0 Å². The van der Waals surface area contributed by atoms with Crippen LogP contribution in [-0.2, 0) is 10.0 Å². The van der Waals surface area contributed by atoms with Crippen LogP contribution in [0.3, 0.4) is 0 Å². The number of anilines is 1. The third-order valence-corrected chi connectivity index (χ3v) is 5.28. The number of nitrogens with one attached hydrogen (secondary N) is 1. The molecule has 0 atom stereocenters. The number of sulfonamides is 1. The van der Waals surface area contributed by atoms with Crippen molar-refractivity contribution in [2.75, 3.05) is 4.72 Å². The van der Waals surface area contributed by atoms with E-state index in [1.165, 1.54) is 12.1 Å². The Morgan fingerprint density at radius 3 is 2.23 bits per heavy atom. The molecule has 22 heavy (non-hydrogen) atoms. The Kier molecular flexibility index (Phi) is 4.93. The molecule has 0 aliphatic carbocycles. The first kappa shape index (κ1) is 17.0. The number of benzene rings is 2. The summed E-state index contributed by atoms with van der Waals surface area (Å²) in [6.45, 7) is 1.61. The van der Waals surface area contributed by atoms with Gasteiger partial charge in [0.15, 0.2) is 0 Å². The van der Waals surface area contributed by atoms with E-state index in [0.29, 0.717) is 20.2 Å². The van der Waals surface area contributed by atoms with Gasteiger partial charge < -0.3 is 5.11 Å². The SMILES string of the molecule is Cc1ccc(C(=O)O)cc1S(=O)(=O)Nc1cc(Br)cc(Br)c1. The van der Waals surface area contributed by atoms with Gasteiger partial charge in [-0.3, -0.25) is 4.72 Å². The maximum absolute atomic E-state index is 12.5. The first-order valence-electron chi connectivity index (χ1n) is 6.02. The third-order valence-electron chi connectivity index (χ3n) is 2.84. The molecule has 116 valence electrons. The molecule has 0 heterocycles. The van der Waals surface area contributed by atoms with Crippen molar-refractivity contribution in [3.8, 4) is 0 Å². The number of hydrogen-bond acceptors (Lipinski definition) is 3. The van der Waals surface area contributed by atoms with E-state index in [2.05, 4.69) is 36.6 Å². The van der Waals surface area contributed by atoms with Crippen LogP contribution in [0.5, 0.6) is 0 Å². The number of halogens is 2. The predicted molar refractivity (Wildman–Crippen MR) is 90.8 cm³/mol. The quantitative estimate of drug-likeness (QED) is 0.739. The number of carboxylic acids is 1. The molecule has 0 bridgehead atoms. The van der Waals surface area contributed by atoms with Crippen LogP contribution < -0.4 is 4.72 Å². The molecule has 5 nitrogen and oxygen atoms in total. The smallest absolute Gasteiger partial charge is 0.335 e. The Balaban J connectivity index is 2.46. The zero-order valence-corrected chi connectivity index (χ0v) is 15.3. The molecule has 0 saturated carbocycles. The Labute approximate surface area is 144 Å². The highest BCUT2D eigenvalue weighted by Crippen LogP contribution is 2.26. The number of aromatic carboxylic acids is 1. The van der Waals surface area contributed by atoms with Gasteiger partial charge in [0.1, 0.15) is 0 Å². The summed E-state index contributed by atoms with van der Waals surface area (Å²) in [4.78, 5) is 10.9. The molecule has 0 spiro atoms. The van der Waals surface area contributed by atoms with Gasteiger partial charge in [-0.1, -0.05) is 37.9 Å². The van der Waals surface area contributed by atoms with Crippen LogP contribution in [-0.4, -0.2) is 19.5 Å². The molecule has 2 rings (SSSR count). The minimum absolute atomic E-state index is 0.0662. The van der Waals surface area contributed by atoms with E-state index in [0.717, 1.165) is 6.07 Å². The van der Waals surface area contributed by atoms with Crippen LogP contribution in [0.1, 0.15) is 15.9 Å². The summed E-state index contributed by atoms with van der Waals surface area (Å²) in [6, 6.07) is 8.97. The van der Waals surface area contributed by atoms with Crippen LogP contribution in [0.4, 0.5) is 5.69 Å². The molecule has 0 unspecified atom stereocenters. The molecule has 2 N–H and O–H groups in total. The number of hydrogen-bond donors (Lipinski definition) is 2. The van der Waals surface area contributed by atoms with Gasteiger partial charge in [-0.15, -0.1) is 0 Å². The third kappa shape index (κ3) is 3.88. The molecule has 0 aromatic heterocycles. The van der Waals surface area contributed by atoms with E-state index in [1.807, 2.05) is 0 Å². The highest BCUT2D eigenvalue weighted by molar-refractivity contribution is 9.11. The summed E-state index contributed by atoms with van der Waals surface area (Å²) in [7, 11) is -3.89. The normalized spacial score (nSPS) is 11.2. The molecule has 8 heteroatoms. The number of aryl methyl sites for hydroxylation is 1. The standard InChI is InChI=1S/C14H11Br2NO4S/c1-8-2-3-9(14(18)19)4-13(8)22(20,21)17-12-6-10(15)5-11(16)7-12/h2-7,17H,1H3,(H,18,19). The maximum atomic E-state index is 12.5. The van der Waals surface area contributed by atoms with Gasteiger partial charge in [0.25, 0.3) is 10.0 Å². The summed E-state index contributed by atoms with van der Waals surface area (Å²) in [5.41, 5.74) is 0.745. The van der Waals surface area contributed by atoms with E-state index in [-0.39, 0.29) is 10.5 Å². The van der Waals surface area contributed by atoms with Crippen LogP contribution in [0, 0.1) is 6.92 Å². The lowest BCUT2D eigenvalue weighted by molar-refractivity contribution is 0.0696. The Bertz CT molecular complexity index is 830. The first-order chi connectivity index (χ1) is 10.2. The lowest BCUT2D eigenvalue weighted by Gasteiger charge is -2.12. The maximum Gasteiger partial charge on any atom is 0.335 e. The van der Waals surface area contributed by atoms with E-state index >= 15 is 0 Å². The zero-order chi connectivity index (χ0) is 16.5. The summed E-state index contributed by atoms with van der Waals surface area (Å²) in [5, 5.41) is 9.00. The molecule has 0 saturated heterocycles. The molecule has 0 aliphatic rings. The second-order valence-electron chi connectivity index (χ2n) is 4.55. The number of carbonyl (C=O) groups is 1. The van der Waals surface area contributed by atoms with Crippen molar-refractivity contribution in [2.24, 2.45) is 0 Å². The molecular formula is C14H11Br2NO4S. The van der Waals surface area contributed by atoms with Crippen molar-refractivity contribution in [1.82, 2.24) is 0 Å². The highest BCUT2D eigenvalue weighted by atomic mass is 79.9. The molecule has 0 amide bonds. The topological polar surface area (TPSA) is 83.5 Å². The summed E-state index contributed by atoms with van der Waals surface area (Å²) in [5.74, 6) is -1.18. The van der Waals surface area contributed by atoms with Crippen LogP contribution >= 0.6 is 31.9 Å². The van der Waals surface area contributed by atoms with Crippen LogP contribution in [0.15, 0.2) is 50.2 Å². The molecule has 0 radical (unpaired) electrons. The Morgan fingerprint density at radius 1 is 1.09 bits per heavy atom. The second-order valence-corrected chi connectivity index (χ2v) is 8.03. The van der Waals surface area contributed by atoms with Crippen molar-refractivity contribution >= 4 is 53.5 Å². The minimum Gasteiger partial charge on any atom is -0.478 e. The van der Waals surface area contributed by atoms with Gasteiger partial charge in [-0.25, -0.2) is 13.2 Å². The summed E-state index contributed by atoms with van der Waals surface area (Å²) in [6.07, 6.45) is 0. The van der Waals surface area contributed by atoms with Crippen LogP contribution in [0.25, 0.3) is 0 Å². The number of carboxylic acid groups (broad SMARTS) is 1. The van der Waals surface area contributed by atoms with Gasteiger partial charge in [0, 0.05) is 8.95 Å². The van der Waals surface area contributed by atoms with E-state index in [1.54, 1.807) is 25.1 Å². The van der Waals surface area contributed by atoms with Gasteiger partial charge in [-0.2, -0.15) is 0 Å². The highest BCUT2D eigenvalue weighted by Gasteiger charge is 2.19.